The molecule has 3 atom stereocenters. The van der Waals surface area contributed by atoms with Crippen molar-refractivity contribution in [2.24, 2.45) is 11.3 Å². The Kier molecular flexibility index (Phi) is 10.3. The van der Waals surface area contributed by atoms with E-state index in [0.29, 0.717) is 70.1 Å². The molecule has 244 valence electrons. The van der Waals surface area contributed by atoms with Gasteiger partial charge in [-0.1, -0.05) is 53.8 Å². The summed E-state index contributed by atoms with van der Waals surface area (Å²) in [5, 5.41) is 10.0. The monoisotopic (exact) mass is 645 g/mol. The van der Waals surface area contributed by atoms with Crippen molar-refractivity contribution in [3.63, 3.8) is 0 Å². The van der Waals surface area contributed by atoms with E-state index in [9.17, 15) is 14.4 Å². The van der Waals surface area contributed by atoms with E-state index in [1.165, 1.54) is 11.3 Å². The molecule has 2 saturated heterocycles. The van der Waals surface area contributed by atoms with Gasteiger partial charge in [0.05, 0.1) is 28.8 Å². The Morgan fingerprint density at radius 1 is 1.13 bits per heavy atom. The molecule has 3 N–H and O–H groups in total. The summed E-state index contributed by atoms with van der Waals surface area (Å²) in [5.74, 6) is 0.571. The maximum Gasteiger partial charge on any atom is 0.243 e. The fourth-order valence-corrected chi connectivity index (χ4v) is 7.69. The molecule has 0 radical (unpaired) electrons. The second kappa shape index (κ2) is 14.7. The van der Waals surface area contributed by atoms with E-state index in [1.807, 2.05) is 55.5 Å². The lowest BCUT2D eigenvalue weighted by Gasteiger charge is -2.40. The Bertz CT molecular complexity index is 1550. The van der Waals surface area contributed by atoms with E-state index in [1.54, 1.807) is 0 Å². The summed E-state index contributed by atoms with van der Waals surface area (Å²) in [6.07, 6.45) is 8.03. The second-order valence-corrected chi connectivity index (χ2v) is 13.6. The van der Waals surface area contributed by atoms with Crippen LogP contribution in [-0.4, -0.2) is 79.1 Å². The van der Waals surface area contributed by atoms with Crippen LogP contribution in [0.4, 0.5) is 5.13 Å². The maximum absolute atomic E-state index is 13.8. The zero-order chi connectivity index (χ0) is 31.9. The molecule has 46 heavy (non-hydrogen) atoms. The molecule has 3 amide bonds. The van der Waals surface area contributed by atoms with Gasteiger partial charge in [0.2, 0.25) is 17.7 Å². The lowest BCUT2D eigenvalue weighted by Crippen LogP contribution is -2.58. The van der Waals surface area contributed by atoms with E-state index >= 15 is 0 Å². The van der Waals surface area contributed by atoms with Gasteiger partial charge in [-0.15, -0.1) is 0 Å². The van der Waals surface area contributed by atoms with Crippen molar-refractivity contribution in [1.29, 1.82) is 0 Å². The average molecular weight is 646 g/mol. The Hall–Kier alpha value is -3.80. The minimum absolute atomic E-state index is 0.0631. The molecule has 10 nitrogen and oxygen atoms in total. The normalized spacial score (nSPS) is 23.9. The summed E-state index contributed by atoms with van der Waals surface area (Å²) >= 11 is 1.43. The fraction of sp³-hybridized carbons (Fsp3) is 0.486. The Labute approximate surface area is 273 Å². The third-order valence-electron chi connectivity index (χ3n) is 9.38. The van der Waals surface area contributed by atoms with Crippen LogP contribution in [0.5, 0.6) is 5.75 Å². The minimum atomic E-state index is -0.680. The van der Waals surface area contributed by atoms with Crippen LogP contribution in [0, 0.1) is 11.3 Å². The first-order valence-electron chi connectivity index (χ1n) is 16.3. The molecular weight excluding hydrogens is 602 g/mol. The molecule has 0 unspecified atom stereocenters. The molecule has 4 heterocycles. The molecule has 0 aliphatic carbocycles. The number of carbonyl (C=O) groups is 3. The number of piperidine rings is 1. The van der Waals surface area contributed by atoms with Crippen molar-refractivity contribution in [2.45, 2.75) is 57.5 Å². The van der Waals surface area contributed by atoms with Crippen LogP contribution in [0.1, 0.15) is 44.6 Å². The standard InChI is InChI=1S/C35H43N5O5S/c1-2-45-26-11-12-28-30(21-26)46-34(38-28)39-31(41)23-40-17-13-27-25(22-40)10-6-7-14-35(15-18-44-19-16-35)33(43)37-29(32(42)36-27)20-24-8-4-3-5-9-24/h3-9,11-12,21,25,27,29H,2,10,13-20,22-23H2,1H3,(H,36,42)(H,37,43)(H,38,39,41)/t25-,27+,29-/m1/s1. The molecule has 11 heteroatoms. The maximum atomic E-state index is 13.8. The number of likely N-dealkylation sites (tertiary alicyclic amines) is 1. The lowest BCUT2D eigenvalue weighted by atomic mass is 9.75. The molecule has 2 fully saturated rings. The Morgan fingerprint density at radius 3 is 2.76 bits per heavy atom. The Balaban J connectivity index is 1.14. The van der Waals surface area contributed by atoms with Gasteiger partial charge >= 0.3 is 0 Å². The van der Waals surface area contributed by atoms with Gasteiger partial charge in [-0.3, -0.25) is 19.3 Å². The van der Waals surface area contributed by atoms with Gasteiger partial charge in [0.25, 0.3) is 0 Å². The molecule has 3 aliphatic rings. The van der Waals surface area contributed by atoms with Crippen LogP contribution in [0.25, 0.3) is 10.2 Å². The van der Waals surface area contributed by atoms with E-state index < -0.39 is 11.5 Å². The van der Waals surface area contributed by atoms with Crippen LogP contribution in [0.2, 0.25) is 0 Å². The average Bonchev–Trinajstić information content (AvgIpc) is 3.45. The highest BCUT2D eigenvalue weighted by atomic mass is 32.1. The first-order valence-corrected chi connectivity index (χ1v) is 17.2. The molecule has 2 aromatic carbocycles. The molecule has 3 aromatic rings. The number of hydrogen-bond donors (Lipinski definition) is 3. The molecule has 6 rings (SSSR count). The molecule has 1 aromatic heterocycles. The number of nitrogens with zero attached hydrogens (tertiary/aromatic N) is 2. The highest BCUT2D eigenvalue weighted by Crippen LogP contribution is 2.36. The van der Waals surface area contributed by atoms with Crippen molar-refractivity contribution in [3.8, 4) is 5.75 Å². The third kappa shape index (κ3) is 7.76. The zero-order valence-electron chi connectivity index (χ0n) is 26.3. The minimum Gasteiger partial charge on any atom is -0.494 e. The number of nitrogens with one attached hydrogen (secondary N) is 3. The predicted octanol–water partition coefficient (Wildman–Crippen LogP) is 4.31. The van der Waals surface area contributed by atoms with Crippen LogP contribution in [-0.2, 0) is 25.5 Å². The molecule has 3 aliphatic heterocycles. The number of ether oxygens (including phenoxy) is 2. The smallest absolute Gasteiger partial charge is 0.243 e. The van der Waals surface area contributed by atoms with E-state index in [0.717, 1.165) is 28.0 Å². The predicted molar refractivity (Wildman–Crippen MR) is 179 cm³/mol. The van der Waals surface area contributed by atoms with Crippen molar-refractivity contribution in [2.75, 3.05) is 44.8 Å². The number of amides is 3. The Morgan fingerprint density at radius 2 is 1.96 bits per heavy atom. The number of thiazole rings is 1. The van der Waals surface area contributed by atoms with Gasteiger partial charge in [0.15, 0.2) is 5.13 Å². The number of aromatic nitrogens is 1. The summed E-state index contributed by atoms with van der Waals surface area (Å²) < 4.78 is 12.2. The van der Waals surface area contributed by atoms with Gasteiger partial charge < -0.3 is 25.4 Å². The number of anilines is 1. The largest absolute Gasteiger partial charge is 0.494 e. The van der Waals surface area contributed by atoms with Crippen molar-refractivity contribution < 1.29 is 23.9 Å². The third-order valence-corrected chi connectivity index (χ3v) is 10.3. The van der Waals surface area contributed by atoms with Crippen molar-refractivity contribution in [3.05, 3.63) is 66.2 Å². The quantitative estimate of drug-likeness (QED) is 0.328. The number of benzene rings is 2. The molecule has 1 spiro atoms. The summed E-state index contributed by atoms with van der Waals surface area (Å²) in [4.78, 5) is 47.5. The molecule has 0 saturated carbocycles. The van der Waals surface area contributed by atoms with Crippen LogP contribution in [0.3, 0.4) is 0 Å². The van der Waals surface area contributed by atoms with Crippen molar-refractivity contribution in [1.82, 2.24) is 20.5 Å². The lowest BCUT2D eigenvalue weighted by molar-refractivity contribution is -0.140. The first kappa shape index (κ1) is 32.2. The highest BCUT2D eigenvalue weighted by Gasteiger charge is 2.41. The number of hydrogen-bond acceptors (Lipinski definition) is 8. The van der Waals surface area contributed by atoms with Gasteiger partial charge in [-0.2, -0.15) is 0 Å². The van der Waals surface area contributed by atoms with Gasteiger partial charge in [-0.25, -0.2) is 4.98 Å². The van der Waals surface area contributed by atoms with E-state index in [2.05, 4.69) is 38.0 Å². The van der Waals surface area contributed by atoms with Crippen LogP contribution in [0.15, 0.2) is 60.7 Å². The zero-order valence-corrected chi connectivity index (χ0v) is 27.2. The number of carbonyl (C=O) groups excluding carboxylic acids is 3. The highest BCUT2D eigenvalue weighted by molar-refractivity contribution is 7.22. The van der Waals surface area contributed by atoms with Gasteiger partial charge in [0.1, 0.15) is 11.8 Å². The van der Waals surface area contributed by atoms with E-state index in [-0.39, 0.29) is 36.2 Å². The van der Waals surface area contributed by atoms with Crippen LogP contribution < -0.4 is 20.7 Å². The topological polar surface area (TPSA) is 122 Å². The first-order chi connectivity index (χ1) is 22.4. The van der Waals surface area contributed by atoms with Gasteiger partial charge in [0, 0.05) is 38.8 Å². The fourth-order valence-electron chi connectivity index (χ4n) is 6.78. The summed E-state index contributed by atoms with van der Waals surface area (Å²) in [6, 6.07) is 14.8. The molecule has 0 bridgehead atoms. The summed E-state index contributed by atoms with van der Waals surface area (Å²) in [6.45, 7) is 5.20. The summed E-state index contributed by atoms with van der Waals surface area (Å²) in [5.41, 5.74) is 1.23. The van der Waals surface area contributed by atoms with Crippen molar-refractivity contribution >= 4 is 44.4 Å². The summed E-state index contributed by atoms with van der Waals surface area (Å²) in [7, 11) is 0. The number of allylic oxidation sites excluding steroid dienone is 2. The number of rotatable bonds is 7. The second-order valence-electron chi connectivity index (χ2n) is 12.5. The molecular formula is C35H43N5O5S. The van der Waals surface area contributed by atoms with Crippen LogP contribution >= 0.6 is 11.3 Å². The number of fused-ring (bicyclic) bond motifs is 2. The van der Waals surface area contributed by atoms with Gasteiger partial charge in [-0.05, 0) is 68.7 Å². The SMILES string of the molecule is CCOc1ccc2nc(NC(=O)CN3CC[C@@H]4NC(=O)[C@@H](Cc5ccccc5)NC(=O)C5(CC=CC[C@@H]4C3)CCOCC5)sc2c1. The van der Waals surface area contributed by atoms with E-state index in [4.69, 9.17) is 9.47 Å².